The van der Waals surface area contributed by atoms with Crippen LogP contribution in [0.25, 0.3) is 11.4 Å². The van der Waals surface area contributed by atoms with E-state index in [4.69, 9.17) is 23.2 Å². The van der Waals surface area contributed by atoms with E-state index < -0.39 is 0 Å². The summed E-state index contributed by atoms with van der Waals surface area (Å²) < 4.78 is 0. The second-order valence-electron chi connectivity index (χ2n) is 4.03. The third-order valence-electron chi connectivity index (χ3n) is 2.44. The van der Waals surface area contributed by atoms with Crippen LogP contribution in [-0.2, 0) is 0 Å². The smallest absolute Gasteiger partial charge is 0.230 e. The Labute approximate surface area is 121 Å². The van der Waals surface area contributed by atoms with Crippen LogP contribution < -0.4 is 10.2 Å². The van der Waals surface area contributed by atoms with Crippen LogP contribution in [0.3, 0.4) is 0 Å². The molecule has 0 fully saturated rings. The Hall–Kier alpha value is -1.59. The van der Waals surface area contributed by atoms with Gasteiger partial charge in [0.15, 0.2) is 5.82 Å². The molecular formula is C12H13Cl2N5. The summed E-state index contributed by atoms with van der Waals surface area (Å²) in [5.41, 5.74) is 0.677. The summed E-state index contributed by atoms with van der Waals surface area (Å²) in [7, 11) is 5.47. The molecule has 0 spiro atoms. The molecule has 19 heavy (non-hydrogen) atoms. The van der Waals surface area contributed by atoms with Crippen molar-refractivity contribution in [1.29, 1.82) is 0 Å². The molecule has 1 aromatic carbocycles. The number of aromatic nitrogens is 3. The predicted molar refractivity (Wildman–Crippen MR) is 79.2 cm³/mol. The molecule has 0 radical (unpaired) electrons. The van der Waals surface area contributed by atoms with Gasteiger partial charge in [-0.1, -0.05) is 29.3 Å². The molecular weight excluding hydrogens is 285 g/mol. The lowest BCUT2D eigenvalue weighted by molar-refractivity contribution is 0.963. The van der Waals surface area contributed by atoms with Crippen molar-refractivity contribution in [2.24, 2.45) is 0 Å². The van der Waals surface area contributed by atoms with Crippen molar-refractivity contribution < 1.29 is 0 Å². The molecule has 0 aliphatic heterocycles. The molecule has 0 amide bonds. The van der Waals surface area contributed by atoms with Crippen LogP contribution in [0.1, 0.15) is 0 Å². The Morgan fingerprint density at radius 3 is 2.47 bits per heavy atom. The maximum absolute atomic E-state index is 6.19. The van der Waals surface area contributed by atoms with Crippen molar-refractivity contribution in [3.05, 3.63) is 28.2 Å². The standard InChI is InChI=1S/C12H13Cl2N5/c1-15-11-16-10(17-12(18-11)19(2)3)7-5-4-6-8(13)9(7)14/h4-6H,1-3H3,(H,15,16,17,18). The fourth-order valence-corrected chi connectivity index (χ4v) is 1.86. The summed E-state index contributed by atoms with van der Waals surface area (Å²) in [4.78, 5) is 14.7. The van der Waals surface area contributed by atoms with Gasteiger partial charge in [0.05, 0.1) is 10.0 Å². The molecule has 0 atom stereocenters. The van der Waals surface area contributed by atoms with E-state index in [1.165, 1.54) is 0 Å². The van der Waals surface area contributed by atoms with Gasteiger partial charge in [-0.15, -0.1) is 0 Å². The first-order valence-electron chi connectivity index (χ1n) is 5.58. The Morgan fingerprint density at radius 1 is 1.11 bits per heavy atom. The van der Waals surface area contributed by atoms with Crippen LogP contribution in [0.4, 0.5) is 11.9 Å². The number of hydrogen-bond donors (Lipinski definition) is 1. The van der Waals surface area contributed by atoms with E-state index in [0.29, 0.717) is 33.3 Å². The first-order chi connectivity index (χ1) is 9.02. The van der Waals surface area contributed by atoms with Gasteiger partial charge < -0.3 is 10.2 Å². The summed E-state index contributed by atoms with van der Waals surface area (Å²) in [6.45, 7) is 0. The quantitative estimate of drug-likeness (QED) is 0.944. The van der Waals surface area contributed by atoms with Crippen molar-refractivity contribution in [3.63, 3.8) is 0 Å². The van der Waals surface area contributed by atoms with Crippen LogP contribution in [0.2, 0.25) is 10.0 Å². The predicted octanol–water partition coefficient (Wildman–Crippen LogP) is 2.95. The van der Waals surface area contributed by atoms with Crippen molar-refractivity contribution in [1.82, 2.24) is 15.0 Å². The molecule has 0 unspecified atom stereocenters. The van der Waals surface area contributed by atoms with Gasteiger partial charge in [-0.25, -0.2) is 0 Å². The monoisotopic (exact) mass is 297 g/mol. The zero-order chi connectivity index (χ0) is 14.0. The number of hydrogen-bond acceptors (Lipinski definition) is 5. The molecule has 0 saturated carbocycles. The zero-order valence-corrected chi connectivity index (χ0v) is 12.3. The third kappa shape index (κ3) is 2.88. The van der Waals surface area contributed by atoms with Crippen molar-refractivity contribution in [2.75, 3.05) is 31.4 Å². The number of nitrogens with one attached hydrogen (secondary N) is 1. The largest absolute Gasteiger partial charge is 0.357 e. The minimum Gasteiger partial charge on any atom is -0.357 e. The Morgan fingerprint density at radius 2 is 1.84 bits per heavy atom. The second kappa shape index (κ2) is 5.59. The number of anilines is 2. The Kier molecular flexibility index (Phi) is 4.07. The SMILES string of the molecule is CNc1nc(-c2cccc(Cl)c2Cl)nc(N(C)C)n1. The molecule has 5 nitrogen and oxygen atoms in total. The molecule has 1 aromatic heterocycles. The highest BCUT2D eigenvalue weighted by Gasteiger charge is 2.13. The highest BCUT2D eigenvalue weighted by molar-refractivity contribution is 6.43. The van der Waals surface area contributed by atoms with Crippen molar-refractivity contribution >= 4 is 35.1 Å². The normalized spacial score (nSPS) is 10.4. The molecule has 2 rings (SSSR count). The average Bonchev–Trinajstić information content (AvgIpc) is 2.41. The second-order valence-corrected chi connectivity index (χ2v) is 4.81. The maximum atomic E-state index is 6.19. The lowest BCUT2D eigenvalue weighted by Gasteiger charge is -2.13. The van der Waals surface area contributed by atoms with Gasteiger partial charge in [0.1, 0.15) is 0 Å². The Bertz CT molecular complexity index is 601. The first kappa shape index (κ1) is 13.8. The molecule has 1 N–H and O–H groups in total. The summed E-state index contributed by atoms with van der Waals surface area (Å²) >= 11 is 12.2. The van der Waals surface area contributed by atoms with Crippen LogP contribution in [-0.4, -0.2) is 36.1 Å². The van der Waals surface area contributed by atoms with Crippen molar-refractivity contribution in [2.45, 2.75) is 0 Å². The summed E-state index contributed by atoms with van der Waals surface area (Å²) in [5.74, 6) is 1.51. The van der Waals surface area contributed by atoms with E-state index >= 15 is 0 Å². The Balaban J connectivity index is 2.61. The van der Waals surface area contributed by atoms with Crippen molar-refractivity contribution in [3.8, 4) is 11.4 Å². The average molecular weight is 298 g/mol. The minimum absolute atomic E-state index is 0.433. The first-order valence-corrected chi connectivity index (χ1v) is 6.34. The fourth-order valence-electron chi connectivity index (χ4n) is 1.47. The lowest BCUT2D eigenvalue weighted by atomic mass is 10.2. The van der Waals surface area contributed by atoms with Crippen LogP contribution in [0.15, 0.2) is 18.2 Å². The molecule has 1 heterocycles. The molecule has 0 saturated heterocycles. The van der Waals surface area contributed by atoms with Gasteiger partial charge in [0, 0.05) is 26.7 Å². The van der Waals surface area contributed by atoms with Crippen LogP contribution in [0, 0.1) is 0 Å². The van der Waals surface area contributed by atoms with E-state index in [1.807, 2.05) is 26.2 Å². The molecule has 7 heteroatoms. The molecule has 0 aliphatic carbocycles. The summed E-state index contributed by atoms with van der Waals surface area (Å²) in [6.07, 6.45) is 0. The van der Waals surface area contributed by atoms with Gasteiger partial charge in [-0.3, -0.25) is 0 Å². The maximum Gasteiger partial charge on any atom is 0.230 e. The summed E-state index contributed by atoms with van der Waals surface area (Å²) in [5, 5.41) is 3.80. The highest BCUT2D eigenvalue weighted by Crippen LogP contribution is 2.32. The van der Waals surface area contributed by atoms with E-state index in [1.54, 1.807) is 18.0 Å². The molecule has 2 aromatic rings. The number of nitrogens with zero attached hydrogens (tertiary/aromatic N) is 4. The van der Waals surface area contributed by atoms with Crippen LogP contribution in [0.5, 0.6) is 0 Å². The topological polar surface area (TPSA) is 53.9 Å². The van der Waals surface area contributed by atoms with Gasteiger partial charge in [-0.05, 0) is 12.1 Å². The summed E-state index contributed by atoms with van der Waals surface area (Å²) in [6, 6.07) is 5.35. The zero-order valence-electron chi connectivity index (χ0n) is 10.8. The molecule has 0 aliphatic rings. The number of halogens is 2. The van der Waals surface area contributed by atoms with E-state index in [9.17, 15) is 0 Å². The van der Waals surface area contributed by atoms with E-state index in [0.717, 1.165) is 0 Å². The molecule has 0 bridgehead atoms. The van der Waals surface area contributed by atoms with Gasteiger partial charge in [-0.2, -0.15) is 15.0 Å². The number of rotatable bonds is 3. The van der Waals surface area contributed by atoms with E-state index in [-0.39, 0.29) is 0 Å². The fraction of sp³-hybridized carbons (Fsp3) is 0.250. The molecule has 100 valence electrons. The number of benzene rings is 1. The lowest BCUT2D eigenvalue weighted by Crippen LogP contribution is -2.15. The highest BCUT2D eigenvalue weighted by atomic mass is 35.5. The van der Waals surface area contributed by atoms with Crippen LogP contribution >= 0.6 is 23.2 Å². The van der Waals surface area contributed by atoms with E-state index in [2.05, 4.69) is 20.3 Å². The van der Waals surface area contributed by atoms with Gasteiger partial charge in [0.25, 0.3) is 0 Å². The minimum atomic E-state index is 0.433. The van der Waals surface area contributed by atoms with Gasteiger partial charge in [0.2, 0.25) is 11.9 Å². The van der Waals surface area contributed by atoms with Gasteiger partial charge >= 0.3 is 0 Å². The third-order valence-corrected chi connectivity index (χ3v) is 3.26.